The number of halogens is 1. The third kappa shape index (κ3) is 3.70. The Kier molecular flexibility index (Phi) is 5.83. The second-order valence-electron chi connectivity index (χ2n) is 3.92. The van der Waals surface area contributed by atoms with Crippen LogP contribution in [0.25, 0.3) is 0 Å². The Balaban J connectivity index is 3.31. The van der Waals surface area contributed by atoms with Crippen molar-refractivity contribution in [2.45, 2.75) is 34.1 Å². The SMILES string of the molecule is C/C=C1/NC(=O)C(=C(/C)OCC)/C1=N\C(Cl)=C\CC. The van der Waals surface area contributed by atoms with Gasteiger partial charge in [-0.25, -0.2) is 4.99 Å². The molecule has 1 amide bonds. The molecule has 1 heterocycles. The molecule has 4 nitrogen and oxygen atoms in total. The molecular weight excluding hydrogens is 264 g/mol. The van der Waals surface area contributed by atoms with Gasteiger partial charge in [-0.2, -0.15) is 0 Å². The predicted octanol–water partition coefficient (Wildman–Crippen LogP) is 3.26. The van der Waals surface area contributed by atoms with Gasteiger partial charge in [-0.1, -0.05) is 24.6 Å². The summed E-state index contributed by atoms with van der Waals surface area (Å²) in [5.41, 5.74) is 1.63. The molecule has 1 aliphatic rings. The molecule has 1 aliphatic heterocycles. The second kappa shape index (κ2) is 7.14. The zero-order chi connectivity index (χ0) is 14.4. The number of aliphatic imine (C=N–C) groups is 1. The molecule has 0 atom stereocenters. The second-order valence-corrected chi connectivity index (χ2v) is 4.30. The quantitative estimate of drug-likeness (QED) is 0.489. The van der Waals surface area contributed by atoms with E-state index in [-0.39, 0.29) is 5.91 Å². The fraction of sp³-hybridized carbons (Fsp3) is 0.429. The number of hydrogen-bond acceptors (Lipinski definition) is 3. The van der Waals surface area contributed by atoms with E-state index in [1.165, 1.54) is 0 Å². The molecule has 1 fully saturated rings. The minimum absolute atomic E-state index is 0.209. The molecule has 1 rings (SSSR count). The van der Waals surface area contributed by atoms with Crippen LogP contribution >= 0.6 is 11.6 Å². The van der Waals surface area contributed by atoms with Crippen molar-refractivity contribution in [3.63, 3.8) is 0 Å². The summed E-state index contributed by atoms with van der Waals surface area (Å²) in [7, 11) is 0. The van der Waals surface area contributed by atoms with Crippen LogP contribution in [0.5, 0.6) is 0 Å². The Morgan fingerprint density at radius 3 is 2.68 bits per heavy atom. The molecule has 0 unspecified atom stereocenters. The van der Waals surface area contributed by atoms with E-state index in [4.69, 9.17) is 16.3 Å². The van der Waals surface area contributed by atoms with E-state index in [1.807, 2.05) is 20.8 Å². The Morgan fingerprint density at radius 2 is 2.16 bits per heavy atom. The Morgan fingerprint density at radius 1 is 1.47 bits per heavy atom. The third-order valence-corrected chi connectivity index (χ3v) is 2.80. The molecule has 104 valence electrons. The average molecular weight is 283 g/mol. The number of carbonyl (C=O) groups is 1. The van der Waals surface area contributed by atoms with Crippen LogP contribution in [-0.4, -0.2) is 18.2 Å². The fourth-order valence-corrected chi connectivity index (χ4v) is 1.99. The number of amides is 1. The zero-order valence-electron chi connectivity index (χ0n) is 11.7. The number of carbonyl (C=O) groups excluding carboxylic acids is 1. The number of ether oxygens (including phenoxy) is 1. The molecule has 0 aromatic rings. The lowest BCUT2D eigenvalue weighted by atomic mass is 10.1. The van der Waals surface area contributed by atoms with Crippen molar-refractivity contribution in [3.05, 3.63) is 34.3 Å². The van der Waals surface area contributed by atoms with Gasteiger partial charge in [0.25, 0.3) is 5.91 Å². The molecular formula is C14H19ClN2O2. The van der Waals surface area contributed by atoms with Gasteiger partial charge in [-0.3, -0.25) is 4.79 Å². The van der Waals surface area contributed by atoms with Crippen LogP contribution in [0, 0.1) is 0 Å². The maximum Gasteiger partial charge on any atom is 0.261 e. The Labute approximate surface area is 118 Å². The van der Waals surface area contributed by atoms with E-state index in [0.717, 1.165) is 6.42 Å². The van der Waals surface area contributed by atoms with Crippen LogP contribution in [0.1, 0.15) is 34.1 Å². The molecule has 0 aromatic heterocycles. The first-order chi connectivity index (χ1) is 9.04. The highest BCUT2D eigenvalue weighted by Gasteiger charge is 2.31. The van der Waals surface area contributed by atoms with E-state index in [0.29, 0.717) is 34.5 Å². The number of nitrogens with zero attached hydrogens (tertiary/aromatic N) is 1. The minimum Gasteiger partial charge on any atom is -0.498 e. The van der Waals surface area contributed by atoms with E-state index in [2.05, 4.69) is 10.3 Å². The Hall–Kier alpha value is -1.55. The van der Waals surface area contributed by atoms with Crippen molar-refractivity contribution in [1.82, 2.24) is 5.32 Å². The van der Waals surface area contributed by atoms with E-state index in [9.17, 15) is 4.79 Å². The highest BCUT2D eigenvalue weighted by Crippen LogP contribution is 2.22. The average Bonchev–Trinajstić information content (AvgIpc) is 2.66. The molecule has 5 heteroatoms. The van der Waals surface area contributed by atoms with Gasteiger partial charge >= 0.3 is 0 Å². The maximum absolute atomic E-state index is 12.0. The van der Waals surface area contributed by atoms with E-state index in [1.54, 1.807) is 19.1 Å². The van der Waals surface area contributed by atoms with Gasteiger partial charge in [-0.15, -0.1) is 0 Å². The fourth-order valence-electron chi connectivity index (χ4n) is 1.75. The van der Waals surface area contributed by atoms with Gasteiger partial charge in [0.1, 0.15) is 22.2 Å². The Bertz CT molecular complexity index is 488. The summed E-state index contributed by atoms with van der Waals surface area (Å²) in [6.45, 7) is 7.93. The molecule has 0 bridgehead atoms. The van der Waals surface area contributed by atoms with Gasteiger partial charge in [0.15, 0.2) is 0 Å². The topological polar surface area (TPSA) is 50.7 Å². The molecule has 19 heavy (non-hydrogen) atoms. The van der Waals surface area contributed by atoms with Crippen molar-refractivity contribution >= 4 is 23.2 Å². The standard InChI is InChI=1S/C14H19ClN2O2/c1-5-8-11(15)17-13-10(6-2)16-14(18)12(13)9(4)19-7-3/h6,8H,5,7H2,1-4H3,(H,16,18)/b10-6+,11-8+,12-9-,17-13-. The van der Waals surface area contributed by atoms with Crippen molar-refractivity contribution in [2.75, 3.05) is 6.61 Å². The lowest BCUT2D eigenvalue weighted by molar-refractivity contribution is -0.115. The van der Waals surface area contributed by atoms with Gasteiger partial charge < -0.3 is 10.1 Å². The van der Waals surface area contributed by atoms with Crippen LogP contribution in [-0.2, 0) is 9.53 Å². The van der Waals surface area contributed by atoms with Crippen LogP contribution in [0.2, 0.25) is 0 Å². The predicted molar refractivity (Wildman–Crippen MR) is 77.9 cm³/mol. The lowest BCUT2D eigenvalue weighted by Crippen LogP contribution is -2.14. The van der Waals surface area contributed by atoms with E-state index >= 15 is 0 Å². The van der Waals surface area contributed by atoms with Crippen molar-refractivity contribution in [1.29, 1.82) is 0 Å². The summed E-state index contributed by atoms with van der Waals surface area (Å²) >= 11 is 6.02. The molecule has 0 aromatic carbocycles. The van der Waals surface area contributed by atoms with Crippen molar-refractivity contribution in [2.24, 2.45) is 4.99 Å². The first-order valence-corrected chi connectivity index (χ1v) is 6.69. The van der Waals surface area contributed by atoms with Crippen molar-refractivity contribution < 1.29 is 9.53 Å². The first kappa shape index (κ1) is 15.5. The van der Waals surface area contributed by atoms with Gasteiger partial charge in [0, 0.05) is 0 Å². The summed E-state index contributed by atoms with van der Waals surface area (Å²) in [4.78, 5) is 16.3. The number of rotatable bonds is 4. The lowest BCUT2D eigenvalue weighted by Gasteiger charge is -2.06. The van der Waals surface area contributed by atoms with Gasteiger partial charge in [0.05, 0.1) is 12.3 Å². The van der Waals surface area contributed by atoms with Crippen LogP contribution < -0.4 is 5.32 Å². The number of nitrogens with one attached hydrogen (secondary N) is 1. The molecule has 0 radical (unpaired) electrons. The van der Waals surface area contributed by atoms with Gasteiger partial charge in [0.2, 0.25) is 0 Å². The molecule has 1 N–H and O–H groups in total. The van der Waals surface area contributed by atoms with Crippen LogP contribution in [0.15, 0.2) is 39.3 Å². The van der Waals surface area contributed by atoms with Gasteiger partial charge in [-0.05, 0) is 33.3 Å². The third-order valence-electron chi connectivity index (χ3n) is 2.56. The molecule has 0 spiro atoms. The van der Waals surface area contributed by atoms with Crippen LogP contribution in [0.4, 0.5) is 0 Å². The minimum atomic E-state index is -0.209. The van der Waals surface area contributed by atoms with Crippen LogP contribution in [0.3, 0.4) is 0 Å². The summed E-state index contributed by atoms with van der Waals surface area (Å²) < 4.78 is 5.41. The first-order valence-electron chi connectivity index (χ1n) is 6.31. The molecule has 1 saturated heterocycles. The highest BCUT2D eigenvalue weighted by atomic mass is 35.5. The summed E-state index contributed by atoms with van der Waals surface area (Å²) in [6, 6.07) is 0. The summed E-state index contributed by atoms with van der Waals surface area (Å²) in [6.07, 6.45) is 4.36. The maximum atomic E-state index is 12.0. The van der Waals surface area contributed by atoms with Crippen molar-refractivity contribution in [3.8, 4) is 0 Å². The summed E-state index contributed by atoms with van der Waals surface area (Å²) in [5, 5.41) is 3.13. The monoisotopic (exact) mass is 282 g/mol. The molecule has 0 aliphatic carbocycles. The largest absolute Gasteiger partial charge is 0.498 e. The summed E-state index contributed by atoms with van der Waals surface area (Å²) in [5.74, 6) is 0.343. The molecule has 0 saturated carbocycles. The highest BCUT2D eigenvalue weighted by molar-refractivity contribution is 6.37. The smallest absolute Gasteiger partial charge is 0.261 e. The normalized spacial score (nSPS) is 23.0. The zero-order valence-corrected chi connectivity index (χ0v) is 12.5. The number of hydrogen-bond donors (Lipinski definition) is 1. The number of allylic oxidation sites excluding steroid dienone is 4. The van der Waals surface area contributed by atoms with E-state index < -0.39 is 0 Å².